The number of carbonyl (C=O) groups excluding carboxylic acids is 2. The molecule has 0 saturated heterocycles. The Labute approximate surface area is 200 Å². The Morgan fingerprint density at radius 3 is 2.74 bits per heavy atom. The number of thiophene rings is 1. The molecule has 1 heterocycles. The van der Waals surface area contributed by atoms with Crippen LogP contribution in [0, 0.1) is 23.1 Å². The minimum atomic E-state index is -0.704. The summed E-state index contributed by atoms with van der Waals surface area (Å²) in [6, 6.07) is 14.6. The molecule has 1 amide bonds. The molecule has 34 heavy (non-hydrogen) atoms. The Balaban J connectivity index is 1.36. The van der Waals surface area contributed by atoms with Gasteiger partial charge in [0.1, 0.15) is 34.8 Å². The number of ether oxygens (including phenoxy) is 2. The van der Waals surface area contributed by atoms with Crippen LogP contribution >= 0.6 is 11.3 Å². The third-order valence-corrected chi connectivity index (χ3v) is 6.80. The number of amides is 1. The van der Waals surface area contributed by atoms with Gasteiger partial charge in [-0.1, -0.05) is 31.2 Å². The quantitative estimate of drug-likeness (QED) is 0.468. The number of hydrogen-bond acceptors (Lipinski definition) is 6. The van der Waals surface area contributed by atoms with Gasteiger partial charge in [0.2, 0.25) is 0 Å². The van der Waals surface area contributed by atoms with E-state index < -0.39 is 18.5 Å². The van der Waals surface area contributed by atoms with Crippen LogP contribution in [0.5, 0.6) is 5.75 Å². The van der Waals surface area contributed by atoms with E-state index in [4.69, 9.17) is 9.47 Å². The number of rotatable bonds is 7. The maximum atomic E-state index is 13.1. The van der Waals surface area contributed by atoms with Crippen LogP contribution in [0.4, 0.5) is 9.39 Å². The molecule has 0 spiro atoms. The van der Waals surface area contributed by atoms with E-state index in [-0.39, 0.29) is 18.0 Å². The van der Waals surface area contributed by atoms with Crippen LogP contribution in [-0.2, 0) is 29.0 Å². The summed E-state index contributed by atoms with van der Waals surface area (Å²) in [5.41, 5.74) is 2.44. The summed E-state index contributed by atoms with van der Waals surface area (Å²) in [5, 5.41) is 12.8. The highest BCUT2D eigenvalue weighted by Crippen LogP contribution is 2.39. The first-order chi connectivity index (χ1) is 16.4. The molecule has 0 aliphatic heterocycles. The van der Waals surface area contributed by atoms with Crippen molar-refractivity contribution in [2.45, 2.75) is 32.8 Å². The first kappa shape index (κ1) is 23.5. The number of halogens is 1. The van der Waals surface area contributed by atoms with Gasteiger partial charge in [-0.25, -0.2) is 9.18 Å². The molecule has 1 aliphatic rings. The lowest BCUT2D eigenvalue weighted by Gasteiger charge is -2.17. The standard InChI is InChI=1S/C26H23FN2O4S/c1-16-6-11-19-21(13-28)25(34-23(19)12-16)29-24(30)15-33-26(31)20-4-2-3-5-22(20)32-14-17-7-9-18(27)10-8-17/h2-5,7-10,16H,6,11-12,14-15H2,1H3,(H,29,30)/t16-/m0/s1. The van der Waals surface area contributed by atoms with Crippen molar-refractivity contribution in [1.82, 2.24) is 0 Å². The molecular formula is C26H23FN2O4S. The highest BCUT2D eigenvalue weighted by atomic mass is 32.1. The SMILES string of the molecule is C[C@H]1CCc2c(sc(NC(=O)COC(=O)c3ccccc3OCc3ccc(F)cc3)c2C#N)C1. The molecule has 3 aromatic rings. The molecule has 8 heteroatoms. The number of benzene rings is 2. The van der Waals surface area contributed by atoms with E-state index in [1.165, 1.54) is 23.5 Å². The van der Waals surface area contributed by atoms with Crippen LogP contribution in [0.25, 0.3) is 0 Å². The van der Waals surface area contributed by atoms with Gasteiger partial charge in [0.05, 0.1) is 5.56 Å². The summed E-state index contributed by atoms with van der Waals surface area (Å²) in [6.45, 7) is 1.83. The average Bonchev–Trinajstić information content (AvgIpc) is 3.18. The fraction of sp³-hybridized carbons (Fsp3) is 0.269. The predicted octanol–water partition coefficient (Wildman–Crippen LogP) is 5.26. The fourth-order valence-corrected chi connectivity index (χ4v) is 5.21. The molecule has 0 unspecified atom stereocenters. The van der Waals surface area contributed by atoms with Crippen molar-refractivity contribution in [2.75, 3.05) is 11.9 Å². The van der Waals surface area contributed by atoms with E-state index in [1.54, 1.807) is 36.4 Å². The Morgan fingerprint density at radius 2 is 1.97 bits per heavy atom. The fourth-order valence-electron chi connectivity index (χ4n) is 3.83. The molecule has 1 atom stereocenters. The van der Waals surface area contributed by atoms with Gasteiger partial charge < -0.3 is 14.8 Å². The van der Waals surface area contributed by atoms with Crippen LogP contribution in [0.1, 0.15) is 45.3 Å². The van der Waals surface area contributed by atoms with Gasteiger partial charge in [-0.15, -0.1) is 11.3 Å². The molecule has 174 valence electrons. The van der Waals surface area contributed by atoms with Crippen LogP contribution < -0.4 is 10.1 Å². The van der Waals surface area contributed by atoms with Gasteiger partial charge in [0.15, 0.2) is 6.61 Å². The van der Waals surface area contributed by atoms with E-state index in [0.29, 0.717) is 22.2 Å². The molecule has 1 N–H and O–H groups in total. The predicted molar refractivity (Wildman–Crippen MR) is 126 cm³/mol. The third-order valence-electron chi connectivity index (χ3n) is 5.63. The topological polar surface area (TPSA) is 88.4 Å². The van der Waals surface area contributed by atoms with E-state index >= 15 is 0 Å². The molecule has 0 bridgehead atoms. The lowest BCUT2D eigenvalue weighted by atomic mass is 9.89. The molecule has 0 fully saturated rings. The number of anilines is 1. The second kappa shape index (κ2) is 10.5. The molecule has 1 aliphatic carbocycles. The number of esters is 1. The van der Waals surface area contributed by atoms with Crippen LogP contribution in [0.3, 0.4) is 0 Å². The molecule has 0 radical (unpaired) electrons. The number of para-hydroxylation sites is 1. The maximum absolute atomic E-state index is 13.1. The summed E-state index contributed by atoms with van der Waals surface area (Å²) in [7, 11) is 0. The summed E-state index contributed by atoms with van der Waals surface area (Å²) >= 11 is 1.42. The zero-order valence-corrected chi connectivity index (χ0v) is 19.4. The van der Waals surface area contributed by atoms with Crippen LogP contribution in [-0.4, -0.2) is 18.5 Å². The summed E-state index contributed by atoms with van der Waals surface area (Å²) in [4.78, 5) is 26.2. The van der Waals surface area contributed by atoms with Crippen molar-refractivity contribution in [2.24, 2.45) is 5.92 Å². The number of carbonyl (C=O) groups is 2. The van der Waals surface area contributed by atoms with Crippen molar-refractivity contribution in [3.05, 3.63) is 81.5 Å². The van der Waals surface area contributed by atoms with E-state index in [0.717, 1.165) is 35.3 Å². The molecular weight excluding hydrogens is 455 g/mol. The van der Waals surface area contributed by atoms with Gasteiger partial charge in [-0.05, 0) is 60.6 Å². The van der Waals surface area contributed by atoms with Crippen LogP contribution in [0.2, 0.25) is 0 Å². The Morgan fingerprint density at radius 1 is 1.21 bits per heavy atom. The van der Waals surface area contributed by atoms with E-state index in [1.807, 2.05) is 0 Å². The monoisotopic (exact) mass is 478 g/mol. The van der Waals surface area contributed by atoms with Gasteiger partial charge in [-0.2, -0.15) is 5.26 Å². The second-order valence-electron chi connectivity index (χ2n) is 8.20. The van der Waals surface area contributed by atoms with Gasteiger partial charge in [0, 0.05) is 4.88 Å². The Bertz CT molecular complexity index is 1250. The molecule has 4 rings (SSSR count). The average molecular weight is 479 g/mol. The summed E-state index contributed by atoms with van der Waals surface area (Å²) < 4.78 is 24.0. The van der Waals surface area contributed by atoms with Crippen molar-refractivity contribution < 1.29 is 23.5 Å². The molecule has 6 nitrogen and oxygen atoms in total. The highest BCUT2D eigenvalue weighted by Gasteiger charge is 2.25. The molecule has 1 aromatic heterocycles. The van der Waals surface area contributed by atoms with Crippen molar-refractivity contribution in [3.63, 3.8) is 0 Å². The Hall–Kier alpha value is -3.70. The molecule has 0 saturated carbocycles. The van der Waals surface area contributed by atoms with Crippen molar-refractivity contribution >= 4 is 28.2 Å². The van der Waals surface area contributed by atoms with E-state index in [9.17, 15) is 19.2 Å². The maximum Gasteiger partial charge on any atom is 0.342 e. The van der Waals surface area contributed by atoms with Crippen LogP contribution in [0.15, 0.2) is 48.5 Å². The largest absolute Gasteiger partial charge is 0.488 e. The summed E-state index contributed by atoms with van der Waals surface area (Å²) in [5.74, 6) is -0.715. The van der Waals surface area contributed by atoms with Crippen molar-refractivity contribution in [3.8, 4) is 11.8 Å². The van der Waals surface area contributed by atoms with Gasteiger partial charge in [0.25, 0.3) is 5.91 Å². The number of hydrogen-bond donors (Lipinski definition) is 1. The minimum absolute atomic E-state index is 0.143. The third kappa shape index (κ3) is 5.43. The highest BCUT2D eigenvalue weighted by molar-refractivity contribution is 7.16. The molecule has 2 aromatic carbocycles. The smallest absolute Gasteiger partial charge is 0.342 e. The normalized spacial score (nSPS) is 14.6. The van der Waals surface area contributed by atoms with Gasteiger partial charge in [-0.3, -0.25) is 4.79 Å². The lowest BCUT2D eigenvalue weighted by molar-refractivity contribution is -0.119. The Kier molecular flexibility index (Phi) is 7.24. The second-order valence-corrected chi connectivity index (χ2v) is 9.31. The number of nitrogens with zero attached hydrogens (tertiary/aromatic N) is 1. The summed E-state index contributed by atoms with van der Waals surface area (Å²) in [6.07, 6.45) is 2.75. The number of nitrogens with one attached hydrogen (secondary N) is 1. The first-order valence-electron chi connectivity index (χ1n) is 10.9. The minimum Gasteiger partial charge on any atom is -0.488 e. The number of fused-ring (bicyclic) bond motifs is 1. The van der Waals surface area contributed by atoms with Crippen molar-refractivity contribution in [1.29, 1.82) is 5.26 Å². The number of nitriles is 1. The van der Waals surface area contributed by atoms with E-state index in [2.05, 4.69) is 18.3 Å². The van der Waals surface area contributed by atoms with Gasteiger partial charge >= 0.3 is 5.97 Å². The zero-order valence-electron chi connectivity index (χ0n) is 18.6. The zero-order chi connectivity index (χ0) is 24.1. The first-order valence-corrected chi connectivity index (χ1v) is 11.7. The lowest BCUT2D eigenvalue weighted by Crippen LogP contribution is -2.21.